The van der Waals surface area contributed by atoms with Gasteiger partial charge in [-0.15, -0.1) is 0 Å². The molecule has 2 aromatic carbocycles. The molecule has 0 unspecified atom stereocenters. The minimum absolute atomic E-state index is 0.312. The predicted octanol–water partition coefficient (Wildman–Crippen LogP) is 6.07. The van der Waals surface area contributed by atoms with Crippen LogP contribution in [-0.2, 0) is 6.42 Å². The molecule has 0 atom stereocenters. The zero-order valence-corrected chi connectivity index (χ0v) is 13.2. The molecule has 0 aliphatic heterocycles. The first kappa shape index (κ1) is 14.9. The molecular formula is C14H11Cl3OS. The highest BCUT2D eigenvalue weighted by atomic mass is 35.5. The maximum atomic E-state index is 9.66. The van der Waals surface area contributed by atoms with Crippen LogP contribution in [0.25, 0.3) is 0 Å². The van der Waals surface area contributed by atoms with Crippen molar-refractivity contribution in [1.82, 2.24) is 0 Å². The van der Waals surface area contributed by atoms with Gasteiger partial charge in [-0.1, -0.05) is 53.5 Å². The van der Waals surface area contributed by atoms with Crippen LogP contribution in [0.3, 0.4) is 0 Å². The van der Waals surface area contributed by atoms with Crippen LogP contribution in [0.2, 0.25) is 15.1 Å². The smallest absolute Gasteiger partial charge is 0.118 e. The summed E-state index contributed by atoms with van der Waals surface area (Å²) in [6.45, 7) is 2.00. The molecule has 0 bridgehead atoms. The third-order valence-electron chi connectivity index (χ3n) is 2.63. The molecule has 2 aromatic rings. The van der Waals surface area contributed by atoms with Gasteiger partial charge in [-0.05, 0) is 42.3 Å². The monoisotopic (exact) mass is 332 g/mol. The second-order valence-electron chi connectivity index (χ2n) is 3.94. The van der Waals surface area contributed by atoms with E-state index in [1.165, 1.54) is 11.8 Å². The lowest BCUT2D eigenvalue weighted by Crippen LogP contribution is -1.83. The third kappa shape index (κ3) is 3.51. The molecule has 0 saturated heterocycles. The van der Waals surface area contributed by atoms with Crippen molar-refractivity contribution in [1.29, 1.82) is 0 Å². The van der Waals surface area contributed by atoms with Gasteiger partial charge >= 0.3 is 0 Å². The van der Waals surface area contributed by atoms with Gasteiger partial charge in [-0.3, -0.25) is 0 Å². The molecule has 0 radical (unpaired) electrons. The summed E-state index contributed by atoms with van der Waals surface area (Å²) in [4.78, 5) is 1.83. The molecule has 0 fully saturated rings. The van der Waals surface area contributed by atoms with Gasteiger partial charge in [-0.25, -0.2) is 0 Å². The summed E-state index contributed by atoms with van der Waals surface area (Å²) in [5.74, 6) is 0.312. The van der Waals surface area contributed by atoms with Gasteiger partial charge in [0.15, 0.2) is 0 Å². The maximum Gasteiger partial charge on any atom is 0.118 e. The van der Waals surface area contributed by atoms with E-state index in [2.05, 4.69) is 0 Å². The molecule has 100 valence electrons. The Morgan fingerprint density at radius 3 is 2.37 bits per heavy atom. The SMILES string of the molecule is CCc1cc(Sc2cc(Cl)c(Cl)cc2Cl)ccc1O. The highest BCUT2D eigenvalue weighted by molar-refractivity contribution is 7.99. The van der Waals surface area contributed by atoms with E-state index in [1.807, 2.05) is 19.1 Å². The van der Waals surface area contributed by atoms with Crippen LogP contribution in [0, 0.1) is 0 Å². The molecule has 1 N–H and O–H groups in total. The number of phenolic OH excluding ortho intramolecular Hbond substituents is 1. The van der Waals surface area contributed by atoms with E-state index in [4.69, 9.17) is 34.8 Å². The number of halogens is 3. The average Bonchev–Trinajstić information content (AvgIpc) is 2.38. The maximum absolute atomic E-state index is 9.66. The van der Waals surface area contributed by atoms with Crippen LogP contribution < -0.4 is 0 Å². The third-order valence-corrected chi connectivity index (χ3v) is 4.83. The van der Waals surface area contributed by atoms with Gasteiger partial charge in [0.25, 0.3) is 0 Å². The predicted molar refractivity (Wildman–Crippen MR) is 83.1 cm³/mol. The fraction of sp³-hybridized carbons (Fsp3) is 0.143. The number of hydrogen-bond donors (Lipinski definition) is 1. The molecule has 1 nitrogen and oxygen atoms in total. The lowest BCUT2D eigenvalue weighted by Gasteiger charge is -2.08. The van der Waals surface area contributed by atoms with Crippen LogP contribution in [-0.4, -0.2) is 5.11 Å². The molecule has 0 saturated carbocycles. The van der Waals surface area contributed by atoms with Gasteiger partial charge in [0.2, 0.25) is 0 Å². The second kappa shape index (κ2) is 6.27. The van der Waals surface area contributed by atoms with Crippen molar-refractivity contribution >= 4 is 46.6 Å². The van der Waals surface area contributed by atoms with Gasteiger partial charge in [0.1, 0.15) is 5.75 Å². The van der Waals surface area contributed by atoms with E-state index in [1.54, 1.807) is 18.2 Å². The van der Waals surface area contributed by atoms with E-state index in [0.29, 0.717) is 20.8 Å². The van der Waals surface area contributed by atoms with Gasteiger partial charge in [-0.2, -0.15) is 0 Å². The Morgan fingerprint density at radius 2 is 1.68 bits per heavy atom. The highest BCUT2D eigenvalue weighted by Gasteiger charge is 2.09. The Balaban J connectivity index is 2.33. The van der Waals surface area contributed by atoms with Gasteiger partial charge in [0.05, 0.1) is 15.1 Å². The number of phenols is 1. The van der Waals surface area contributed by atoms with Crippen LogP contribution in [0.1, 0.15) is 12.5 Å². The summed E-state index contributed by atoms with van der Waals surface area (Å²) in [7, 11) is 0. The molecule has 0 heterocycles. The van der Waals surface area contributed by atoms with Crippen molar-refractivity contribution in [3.8, 4) is 5.75 Å². The van der Waals surface area contributed by atoms with Crippen molar-refractivity contribution in [3.05, 3.63) is 51.0 Å². The van der Waals surface area contributed by atoms with E-state index in [0.717, 1.165) is 21.8 Å². The summed E-state index contributed by atoms with van der Waals surface area (Å²) in [5, 5.41) is 11.1. The highest BCUT2D eigenvalue weighted by Crippen LogP contribution is 2.39. The normalized spacial score (nSPS) is 10.7. The van der Waals surface area contributed by atoms with Gasteiger partial charge in [0, 0.05) is 9.79 Å². The molecule has 0 aliphatic rings. The quantitative estimate of drug-likeness (QED) is 0.688. The molecule has 2 rings (SSSR count). The first-order chi connectivity index (χ1) is 9.01. The van der Waals surface area contributed by atoms with Crippen LogP contribution in [0.5, 0.6) is 5.75 Å². The number of benzene rings is 2. The van der Waals surface area contributed by atoms with Crippen LogP contribution in [0.15, 0.2) is 40.1 Å². The Labute approximate surface area is 131 Å². The fourth-order valence-electron chi connectivity index (χ4n) is 1.62. The zero-order valence-electron chi connectivity index (χ0n) is 10.1. The van der Waals surface area contributed by atoms with E-state index >= 15 is 0 Å². The summed E-state index contributed by atoms with van der Waals surface area (Å²) in [6, 6.07) is 8.85. The molecular weight excluding hydrogens is 323 g/mol. The molecule has 0 aliphatic carbocycles. The molecule has 5 heteroatoms. The van der Waals surface area contributed by atoms with E-state index in [9.17, 15) is 5.11 Å². The first-order valence-corrected chi connectivity index (χ1v) is 7.60. The van der Waals surface area contributed by atoms with Gasteiger partial charge < -0.3 is 5.11 Å². The standard InChI is InChI=1S/C14H11Cl3OS/c1-2-8-5-9(3-4-13(8)18)19-14-7-11(16)10(15)6-12(14)17/h3-7,18H,2H2,1H3. The molecule has 0 amide bonds. The van der Waals surface area contributed by atoms with E-state index < -0.39 is 0 Å². The topological polar surface area (TPSA) is 20.2 Å². The zero-order chi connectivity index (χ0) is 14.0. The average molecular weight is 334 g/mol. The number of hydrogen-bond acceptors (Lipinski definition) is 2. The lowest BCUT2D eigenvalue weighted by molar-refractivity contribution is 0.468. The summed E-state index contributed by atoms with van der Waals surface area (Å²) >= 11 is 19.5. The second-order valence-corrected chi connectivity index (χ2v) is 6.28. The van der Waals surface area contributed by atoms with Crippen molar-refractivity contribution < 1.29 is 5.11 Å². The van der Waals surface area contributed by atoms with Crippen LogP contribution in [0.4, 0.5) is 0 Å². The van der Waals surface area contributed by atoms with Crippen molar-refractivity contribution in [2.24, 2.45) is 0 Å². The number of aryl methyl sites for hydroxylation is 1. The Morgan fingerprint density at radius 1 is 1.00 bits per heavy atom. The first-order valence-electron chi connectivity index (χ1n) is 5.65. The Bertz CT molecular complexity index is 614. The van der Waals surface area contributed by atoms with E-state index in [-0.39, 0.29) is 0 Å². The van der Waals surface area contributed by atoms with Crippen molar-refractivity contribution in [2.75, 3.05) is 0 Å². The molecule has 0 aromatic heterocycles. The largest absolute Gasteiger partial charge is 0.508 e. The number of aromatic hydroxyl groups is 1. The van der Waals surface area contributed by atoms with Crippen molar-refractivity contribution in [3.63, 3.8) is 0 Å². The summed E-state index contributed by atoms with van der Waals surface area (Å²) in [5.41, 5.74) is 0.904. The Hall–Kier alpha value is -0.540. The minimum atomic E-state index is 0.312. The fourth-order valence-corrected chi connectivity index (χ4v) is 3.27. The summed E-state index contributed by atoms with van der Waals surface area (Å²) < 4.78 is 0. The molecule has 19 heavy (non-hydrogen) atoms. The Kier molecular flexibility index (Phi) is 4.91. The molecule has 0 spiro atoms. The number of rotatable bonds is 3. The van der Waals surface area contributed by atoms with Crippen LogP contribution >= 0.6 is 46.6 Å². The lowest BCUT2D eigenvalue weighted by atomic mass is 10.1. The minimum Gasteiger partial charge on any atom is -0.508 e. The summed E-state index contributed by atoms with van der Waals surface area (Å²) in [6.07, 6.45) is 0.773. The van der Waals surface area contributed by atoms with Crippen molar-refractivity contribution in [2.45, 2.75) is 23.1 Å².